The highest BCUT2D eigenvalue weighted by Crippen LogP contribution is 2.48. The number of benzene rings is 1. The molecular weight excluding hydrogens is 560 g/mol. The lowest BCUT2D eigenvalue weighted by Gasteiger charge is -2.23. The third kappa shape index (κ3) is 5.38. The van der Waals surface area contributed by atoms with E-state index in [0.29, 0.717) is 12.1 Å². The number of halogens is 5. The van der Waals surface area contributed by atoms with Gasteiger partial charge in [-0.25, -0.2) is 22.8 Å². The van der Waals surface area contributed by atoms with Crippen LogP contribution in [0.3, 0.4) is 0 Å². The number of nitrogens with zero attached hydrogens (tertiary/aromatic N) is 6. The predicted molar refractivity (Wildman–Crippen MR) is 147 cm³/mol. The molecule has 0 radical (unpaired) electrons. The molecule has 1 aromatic carbocycles. The van der Waals surface area contributed by atoms with Crippen molar-refractivity contribution in [1.82, 2.24) is 25.0 Å². The molecule has 5 rings (SSSR count). The second kappa shape index (κ2) is 10.4. The molecule has 41 heavy (non-hydrogen) atoms. The average Bonchev–Trinajstić information content (AvgIpc) is 3.58. The van der Waals surface area contributed by atoms with Gasteiger partial charge in [-0.05, 0) is 37.3 Å². The molecule has 13 heteroatoms. The lowest BCUT2D eigenvalue weighted by atomic mass is 9.96. The molecule has 1 aliphatic carbocycles. The molecule has 2 N–H and O–H groups in total. The summed E-state index contributed by atoms with van der Waals surface area (Å²) in [6, 6.07) is 5.03. The van der Waals surface area contributed by atoms with Gasteiger partial charge in [0.25, 0.3) is 6.43 Å². The van der Waals surface area contributed by atoms with Gasteiger partial charge < -0.3 is 10.6 Å². The number of aromatic nitrogens is 5. The second-order valence-electron chi connectivity index (χ2n) is 11.4. The van der Waals surface area contributed by atoms with Crippen molar-refractivity contribution < 1.29 is 17.6 Å². The molecule has 0 amide bonds. The molecule has 8 nitrogen and oxygen atoms in total. The summed E-state index contributed by atoms with van der Waals surface area (Å²) in [6.07, 6.45) is 0.560. The van der Waals surface area contributed by atoms with Crippen molar-refractivity contribution in [1.29, 1.82) is 5.26 Å². The fourth-order valence-corrected chi connectivity index (χ4v) is 4.89. The Hall–Kier alpha value is -3.98. The van der Waals surface area contributed by atoms with Crippen LogP contribution >= 0.6 is 11.6 Å². The number of nitrogens with one attached hydrogen (secondary N) is 2. The van der Waals surface area contributed by atoms with Crippen molar-refractivity contribution in [2.75, 3.05) is 17.2 Å². The molecule has 4 aromatic rings. The number of rotatable bonds is 8. The van der Waals surface area contributed by atoms with Gasteiger partial charge in [0.05, 0.1) is 45.1 Å². The monoisotopic (exact) mass is 586 g/mol. The van der Waals surface area contributed by atoms with E-state index >= 15 is 4.39 Å². The van der Waals surface area contributed by atoms with Crippen LogP contribution in [0, 0.1) is 35.4 Å². The number of anilines is 2. The predicted octanol–water partition coefficient (Wildman–Crippen LogP) is 6.75. The standard InChI is InChI=1S/C28H27ClF4N8/c1-14-16(5-6-20(30)37-14)24(19-12-41(40-39-19)28(7-8-28)26(32)33)38-18-9-17(29)25-21(22(18)31)23(15(10-34)11-35-25)36-13-27(2,3)4/h5-6,9,11-12,24,26,38H,7-8,13H2,1-4H3,(H,35,36)/t24-/m0/s1. The molecule has 0 aliphatic heterocycles. The van der Waals surface area contributed by atoms with Gasteiger partial charge in [0.2, 0.25) is 5.95 Å². The van der Waals surface area contributed by atoms with E-state index in [1.165, 1.54) is 24.5 Å². The van der Waals surface area contributed by atoms with Crippen LogP contribution < -0.4 is 10.6 Å². The molecule has 1 saturated carbocycles. The van der Waals surface area contributed by atoms with Crippen molar-refractivity contribution in [3.8, 4) is 6.07 Å². The van der Waals surface area contributed by atoms with Crippen molar-refractivity contribution in [3.05, 3.63) is 69.9 Å². The minimum atomic E-state index is -2.64. The summed E-state index contributed by atoms with van der Waals surface area (Å²) in [5.74, 6) is -1.46. The van der Waals surface area contributed by atoms with Crippen molar-refractivity contribution in [2.45, 2.75) is 58.5 Å². The summed E-state index contributed by atoms with van der Waals surface area (Å²) in [7, 11) is 0. The van der Waals surface area contributed by atoms with Crippen LogP contribution in [-0.4, -0.2) is 37.9 Å². The Morgan fingerprint density at radius 2 is 1.95 bits per heavy atom. The van der Waals surface area contributed by atoms with Gasteiger partial charge >= 0.3 is 0 Å². The highest BCUT2D eigenvalue weighted by molar-refractivity contribution is 6.36. The molecule has 1 fully saturated rings. The van der Waals surface area contributed by atoms with Gasteiger partial charge in [0, 0.05) is 24.0 Å². The van der Waals surface area contributed by atoms with Crippen LogP contribution in [0.25, 0.3) is 10.9 Å². The zero-order chi connectivity index (χ0) is 29.7. The summed E-state index contributed by atoms with van der Waals surface area (Å²) in [6.45, 7) is 7.96. The van der Waals surface area contributed by atoms with Gasteiger partial charge in [-0.2, -0.15) is 9.65 Å². The molecular formula is C28H27ClF4N8. The smallest absolute Gasteiger partial charge is 0.263 e. The van der Waals surface area contributed by atoms with Crippen LogP contribution in [0.5, 0.6) is 0 Å². The fraction of sp³-hybridized carbons (Fsp3) is 0.393. The van der Waals surface area contributed by atoms with Crippen molar-refractivity contribution in [3.63, 3.8) is 0 Å². The molecule has 3 heterocycles. The Morgan fingerprint density at radius 3 is 2.56 bits per heavy atom. The van der Waals surface area contributed by atoms with Crippen LogP contribution in [-0.2, 0) is 5.54 Å². The normalized spacial score (nSPS) is 15.1. The summed E-state index contributed by atoms with van der Waals surface area (Å²) < 4.78 is 59.0. The van der Waals surface area contributed by atoms with Gasteiger partial charge in [0.15, 0.2) is 5.82 Å². The molecule has 3 aromatic heterocycles. The fourth-order valence-electron chi connectivity index (χ4n) is 4.64. The third-order valence-corrected chi connectivity index (χ3v) is 7.37. The minimum absolute atomic E-state index is 0.00860. The van der Waals surface area contributed by atoms with E-state index in [2.05, 4.69) is 30.9 Å². The maximum absolute atomic E-state index is 16.4. The van der Waals surface area contributed by atoms with Crippen LogP contribution in [0.2, 0.25) is 5.02 Å². The van der Waals surface area contributed by atoms with E-state index < -0.39 is 29.8 Å². The van der Waals surface area contributed by atoms with Crippen LogP contribution in [0.1, 0.15) is 62.2 Å². The summed E-state index contributed by atoms with van der Waals surface area (Å²) in [5.41, 5.74) is -0.281. The van der Waals surface area contributed by atoms with E-state index in [4.69, 9.17) is 11.6 Å². The topological polar surface area (TPSA) is 104 Å². The highest BCUT2D eigenvalue weighted by Gasteiger charge is 2.54. The summed E-state index contributed by atoms with van der Waals surface area (Å²) in [5, 5.41) is 24.2. The van der Waals surface area contributed by atoms with Gasteiger partial charge in [-0.15, -0.1) is 5.10 Å². The molecule has 0 spiro atoms. The molecule has 1 aliphatic rings. The quantitative estimate of drug-likeness (QED) is 0.174. The third-order valence-electron chi connectivity index (χ3n) is 7.08. The van der Waals surface area contributed by atoms with Crippen molar-refractivity contribution in [2.24, 2.45) is 5.41 Å². The molecule has 0 unspecified atom stereocenters. The number of aryl methyl sites for hydroxylation is 1. The maximum Gasteiger partial charge on any atom is 0.263 e. The number of alkyl halides is 2. The SMILES string of the molecule is Cc1nc(F)ccc1[C@H](Nc1cc(Cl)c2ncc(C#N)c(NCC(C)(C)C)c2c1F)c1cn(C2(C(F)F)CC2)nn1. The van der Waals surface area contributed by atoms with E-state index in [1.54, 1.807) is 6.92 Å². The molecule has 214 valence electrons. The summed E-state index contributed by atoms with van der Waals surface area (Å²) in [4.78, 5) is 8.10. The highest BCUT2D eigenvalue weighted by atomic mass is 35.5. The number of nitriles is 1. The second-order valence-corrected chi connectivity index (χ2v) is 11.8. The van der Waals surface area contributed by atoms with Crippen molar-refractivity contribution >= 4 is 33.9 Å². The average molecular weight is 587 g/mol. The molecule has 1 atom stereocenters. The Morgan fingerprint density at radius 1 is 1.22 bits per heavy atom. The Balaban J connectivity index is 1.65. The van der Waals surface area contributed by atoms with E-state index in [-0.39, 0.29) is 62.5 Å². The van der Waals surface area contributed by atoms with E-state index in [1.807, 2.05) is 26.8 Å². The Kier molecular flexibility index (Phi) is 7.27. The first-order valence-corrected chi connectivity index (χ1v) is 13.3. The summed E-state index contributed by atoms with van der Waals surface area (Å²) >= 11 is 6.57. The van der Waals surface area contributed by atoms with E-state index in [9.17, 15) is 18.4 Å². The van der Waals surface area contributed by atoms with Gasteiger partial charge in [0.1, 0.15) is 17.3 Å². The number of pyridine rings is 2. The Labute approximate surface area is 238 Å². The first-order chi connectivity index (χ1) is 19.3. The first-order valence-electron chi connectivity index (χ1n) is 12.9. The molecule has 0 bridgehead atoms. The number of hydrogen-bond acceptors (Lipinski definition) is 7. The lowest BCUT2D eigenvalue weighted by molar-refractivity contribution is 0.0593. The zero-order valence-corrected chi connectivity index (χ0v) is 23.5. The maximum atomic E-state index is 16.4. The molecule has 0 saturated heterocycles. The number of hydrogen-bond donors (Lipinski definition) is 2. The Bertz CT molecular complexity index is 1670. The largest absolute Gasteiger partial charge is 0.383 e. The van der Waals surface area contributed by atoms with Crippen LogP contribution in [0.15, 0.2) is 30.6 Å². The van der Waals surface area contributed by atoms with Gasteiger partial charge in [-0.3, -0.25) is 4.98 Å². The lowest BCUT2D eigenvalue weighted by Crippen LogP contribution is -2.26. The first kappa shape index (κ1) is 28.5. The number of fused-ring (bicyclic) bond motifs is 1. The van der Waals surface area contributed by atoms with Gasteiger partial charge in [-0.1, -0.05) is 43.7 Å². The van der Waals surface area contributed by atoms with Crippen LogP contribution in [0.4, 0.5) is 28.9 Å². The zero-order valence-electron chi connectivity index (χ0n) is 22.7. The minimum Gasteiger partial charge on any atom is -0.383 e. The van der Waals surface area contributed by atoms with E-state index in [0.717, 1.165) is 10.7 Å².